The standard InChI is InChI=1S/C44H44ClF3N10O5S2/c1-24-25(2)65-42-38(24)39(27-12-14-28(45)15-13-27)55-34(40(51)58(42)26(3)49)21-36(59)52-16-18-62-19-17-53-37(60)23-64-43-56-32-10-6-4-8-30(32)33(57-43)20-29(50)22-54-41(61)31-9-5-7-11-35(31)63-44(46,47)48/h4-15,20,34,49,51H,16-19,21-23,50H2,1-3H3,(H,52,59)(H,53,60)(H,54,61)/t34-/m0/s1. The lowest BCUT2D eigenvalue weighted by molar-refractivity contribution is -0.274. The monoisotopic (exact) mass is 948 g/mol. The van der Waals surface area contributed by atoms with Gasteiger partial charge in [-0.2, -0.15) is 0 Å². The Bertz CT molecular complexity index is 2680. The van der Waals surface area contributed by atoms with Crippen molar-refractivity contribution in [1.29, 1.82) is 10.8 Å². The van der Waals surface area contributed by atoms with Crippen molar-refractivity contribution in [3.63, 3.8) is 0 Å². The number of carbonyl (C=O) groups is 3. The van der Waals surface area contributed by atoms with Crippen LogP contribution in [0.3, 0.4) is 0 Å². The summed E-state index contributed by atoms with van der Waals surface area (Å²) in [5.74, 6) is -2.00. The number of hydrogen-bond acceptors (Lipinski definition) is 13. The molecule has 1 aliphatic rings. The van der Waals surface area contributed by atoms with Crippen LogP contribution < -0.4 is 31.3 Å². The van der Waals surface area contributed by atoms with E-state index in [1.165, 1.54) is 35.6 Å². The van der Waals surface area contributed by atoms with Gasteiger partial charge in [0.15, 0.2) is 5.16 Å². The van der Waals surface area contributed by atoms with E-state index in [0.29, 0.717) is 32.3 Å². The van der Waals surface area contributed by atoms with E-state index < -0.39 is 24.1 Å². The molecule has 21 heteroatoms. The van der Waals surface area contributed by atoms with E-state index in [2.05, 4.69) is 30.7 Å². The Morgan fingerprint density at radius 2 is 1.65 bits per heavy atom. The lowest BCUT2D eigenvalue weighted by atomic mass is 9.99. The maximum atomic E-state index is 13.2. The van der Waals surface area contributed by atoms with Gasteiger partial charge in [0.2, 0.25) is 11.8 Å². The molecule has 6 rings (SSSR count). The highest BCUT2D eigenvalue weighted by Gasteiger charge is 2.35. The molecule has 0 saturated heterocycles. The van der Waals surface area contributed by atoms with E-state index in [1.54, 1.807) is 48.2 Å². The van der Waals surface area contributed by atoms with Crippen LogP contribution in [0.1, 0.15) is 51.0 Å². The van der Waals surface area contributed by atoms with Crippen LogP contribution in [0.15, 0.2) is 88.6 Å². The summed E-state index contributed by atoms with van der Waals surface area (Å²) in [6, 6.07) is 18.4. The predicted octanol–water partition coefficient (Wildman–Crippen LogP) is 7.02. The number of aromatic nitrogens is 2. The molecule has 3 heterocycles. The van der Waals surface area contributed by atoms with Gasteiger partial charge in [0.05, 0.1) is 54.4 Å². The van der Waals surface area contributed by atoms with Gasteiger partial charge in [-0.15, -0.1) is 24.5 Å². The van der Waals surface area contributed by atoms with E-state index in [-0.39, 0.29) is 84.9 Å². The lowest BCUT2D eigenvalue weighted by Gasteiger charge is -2.24. The number of halogens is 4. The Morgan fingerprint density at radius 3 is 2.35 bits per heavy atom. The molecule has 3 amide bonds. The zero-order valence-electron chi connectivity index (χ0n) is 35.3. The number of benzene rings is 3. The Kier molecular flexibility index (Phi) is 16.0. The van der Waals surface area contributed by atoms with Crippen molar-refractivity contribution in [2.45, 2.75) is 44.8 Å². The summed E-state index contributed by atoms with van der Waals surface area (Å²) >= 11 is 8.74. The smallest absolute Gasteiger partial charge is 0.405 e. The molecule has 1 aliphatic heterocycles. The predicted molar refractivity (Wildman–Crippen MR) is 248 cm³/mol. The number of ether oxygens (including phenoxy) is 2. The van der Waals surface area contributed by atoms with Crippen LogP contribution in [-0.2, 0) is 14.3 Å². The van der Waals surface area contributed by atoms with Crippen molar-refractivity contribution < 1.29 is 37.0 Å². The molecule has 2 aromatic heterocycles. The van der Waals surface area contributed by atoms with Gasteiger partial charge in [0, 0.05) is 45.2 Å². The lowest BCUT2D eigenvalue weighted by Crippen LogP contribution is -2.42. The quantitative estimate of drug-likeness (QED) is 0.0184. The van der Waals surface area contributed by atoms with Gasteiger partial charge in [-0.25, -0.2) is 9.97 Å². The third-order valence-electron chi connectivity index (χ3n) is 9.69. The van der Waals surface area contributed by atoms with Crippen LogP contribution in [0.2, 0.25) is 5.02 Å². The third-order valence-corrected chi connectivity index (χ3v) is 12.0. The van der Waals surface area contributed by atoms with Crippen LogP contribution in [0, 0.1) is 24.7 Å². The molecule has 0 fully saturated rings. The first-order chi connectivity index (χ1) is 31.0. The van der Waals surface area contributed by atoms with Crippen molar-refractivity contribution in [2.24, 2.45) is 10.7 Å². The number of aliphatic imine (C=N–C) groups is 1. The van der Waals surface area contributed by atoms with Gasteiger partial charge in [-0.3, -0.25) is 35.1 Å². The van der Waals surface area contributed by atoms with E-state index in [0.717, 1.165) is 39.4 Å². The molecule has 0 aliphatic carbocycles. The summed E-state index contributed by atoms with van der Waals surface area (Å²) in [6.45, 7) is 6.05. The first-order valence-electron chi connectivity index (χ1n) is 20.0. The van der Waals surface area contributed by atoms with Gasteiger partial charge in [0.25, 0.3) is 5.91 Å². The fourth-order valence-electron chi connectivity index (χ4n) is 6.57. The third kappa shape index (κ3) is 12.7. The summed E-state index contributed by atoms with van der Waals surface area (Å²) in [5, 5.41) is 27.9. The number of fused-ring (bicyclic) bond motifs is 2. The number of rotatable bonds is 17. The molecule has 5 aromatic rings. The second kappa shape index (κ2) is 21.6. The van der Waals surface area contributed by atoms with Crippen molar-refractivity contribution in [3.8, 4) is 5.75 Å². The zero-order chi connectivity index (χ0) is 46.8. The van der Waals surface area contributed by atoms with E-state index in [1.807, 2.05) is 26.0 Å². The maximum Gasteiger partial charge on any atom is 0.573 e. The van der Waals surface area contributed by atoms with E-state index >= 15 is 0 Å². The summed E-state index contributed by atoms with van der Waals surface area (Å²) in [4.78, 5) is 55.2. The molecular weight excluding hydrogens is 905 g/mol. The second-order valence-corrected chi connectivity index (χ2v) is 17.0. The summed E-state index contributed by atoms with van der Waals surface area (Å²) in [5.41, 5.74) is 10.2. The molecule has 0 saturated carbocycles. The highest BCUT2D eigenvalue weighted by molar-refractivity contribution is 7.99. The fourth-order valence-corrected chi connectivity index (χ4v) is 8.61. The van der Waals surface area contributed by atoms with Gasteiger partial charge in [-0.05, 0) is 62.7 Å². The molecule has 65 heavy (non-hydrogen) atoms. The summed E-state index contributed by atoms with van der Waals surface area (Å²) < 4.78 is 48.1. The molecule has 0 radical (unpaired) electrons. The molecule has 0 unspecified atom stereocenters. The van der Waals surface area contributed by atoms with Gasteiger partial charge < -0.3 is 31.2 Å². The minimum Gasteiger partial charge on any atom is -0.405 e. The first-order valence-corrected chi connectivity index (χ1v) is 22.1. The van der Waals surface area contributed by atoms with Gasteiger partial charge in [0.1, 0.15) is 28.5 Å². The summed E-state index contributed by atoms with van der Waals surface area (Å²) in [6.07, 6.45) is -3.60. The van der Waals surface area contributed by atoms with Crippen molar-refractivity contribution in [1.82, 2.24) is 25.9 Å². The normalized spacial score (nSPS) is 14.0. The number of para-hydroxylation sites is 2. The average molecular weight is 949 g/mol. The minimum atomic E-state index is -4.98. The number of alkyl halides is 3. The number of amidine groups is 2. The van der Waals surface area contributed by atoms with Crippen LogP contribution >= 0.6 is 34.7 Å². The topological polar surface area (TPSA) is 221 Å². The second-order valence-electron chi connectivity index (χ2n) is 14.4. The number of carbonyl (C=O) groups excluding carboxylic acids is 3. The SMILES string of the molecule is CC(=N)N1C(=N)[C@H](CC(=O)NCCOCCNC(=O)CSc2nc(C=C(N)CNC(=O)c3ccccc3OC(F)(F)F)c3ccccc3n2)N=C(c2ccc(Cl)cc2)c2c1sc(C)c2C. The van der Waals surface area contributed by atoms with Crippen molar-refractivity contribution in [3.05, 3.63) is 116 Å². The maximum absolute atomic E-state index is 13.2. The van der Waals surface area contributed by atoms with Crippen LogP contribution in [0.4, 0.5) is 18.2 Å². The first kappa shape index (κ1) is 48.1. The molecular formula is C44H44ClF3N10O5S2. The van der Waals surface area contributed by atoms with Gasteiger partial charge >= 0.3 is 6.36 Å². The Morgan fingerprint density at radius 1 is 0.969 bits per heavy atom. The molecule has 0 bridgehead atoms. The summed E-state index contributed by atoms with van der Waals surface area (Å²) in [7, 11) is 0. The van der Waals surface area contributed by atoms with E-state index in [9.17, 15) is 27.6 Å². The zero-order valence-corrected chi connectivity index (χ0v) is 37.7. The number of aryl methyl sites for hydroxylation is 1. The molecule has 15 nitrogen and oxygen atoms in total. The number of hydrogen-bond donors (Lipinski definition) is 6. The molecule has 0 spiro atoms. The molecule has 340 valence electrons. The number of anilines is 1. The van der Waals surface area contributed by atoms with Crippen molar-refractivity contribution in [2.75, 3.05) is 43.5 Å². The average Bonchev–Trinajstić information content (AvgIpc) is 3.47. The number of nitrogens with zero attached hydrogens (tertiary/aromatic N) is 4. The number of thioether (sulfide) groups is 1. The fraction of sp³-hybridized carbons (Fsp3) is 0.273. The molecule has 3 aromatic carbocycles. The van der Waals surface area contributed by atoms with Crippen LogP contribution in [-0.4, -0.2) is 96.1 Å². The number of nitrogens with one attached hydrogen (secondary N) is 5. The van der Waals surface area contributed by atoms with Gasteiger partial charge in [-0.1, -0.05) is 65.8 Å². The Labute approximate surface area is 385 Å². The number of thiophene rings is 1. The number of nitrogens with two attached hydrogens (primary N) is 1. The Balaban J connectivity index is 0.964. The van der Waals surface area contributed by atoms with Crippen LogP contribution in [0.5, 0.6) is 5.75 Å². The molecule has 7 N–H and O–H groups in total. The Hall–Kier alpha value is -6.35. The van der Waals surface area contributed by atoms with E-state index in [4.69, 9.17) is 37.9 Å². The van der Waals surface area contributed by atoms with Crippen LogP contribution in [0.25, 0.3) is 17.0 Å². The molecule has 1 atom stereocenters. The highest BCUT2D eigenvalue weighted by atomic mass is 35.5. The number of amides is 3. The highest BCUT2D eigenvalue weighted by Crippen LogP contribution is 2.40. The largest absolute Gasteiger partial charge is 0.573 e. The minimum absolute atomic E-state index is 0.0184. The van der Waals surface area contributed by atoms with Crippen molar-refractivity contribution >= 4 is 91.8 Å².